The number of amides is 3. The summed E-state index contributed by atoms with van der Waals surface area (Å²) in [5, 5.41) is 9.11. The summed E-state index contributed by atoms with van der Waals surface area (Å²) in [4.78, 5) is 36.0. The first-order chi connectivity index (χ1) is 16.3. The number of nitrogens with one attached hydrogen (secondary N) is 3. The quantitative estimate of drug-likeness (QED) is 0.285. The number of hydrogen-bond donors (Lipinski definition) is 3. The topological polar surface area (TPSA) is 109 Å². The molecular weight excluding hydrogens is 432 g/mol. The molecule has 0 saturated carbocycles. The Kier molecular flexibility index (Phi) is 8.12. The summed E-state index contributed by atoms with van der Waals surface area (Å²) in [6, 6.07) is 19.7. The molecule has 0 saturated heterocycles. The number of hydrazone groups is 1. The third-order valence-corrected chi connectivity index (χ3v) is 4.90. The Labute approximate surface area is 198 Å². The maximum Gasteiger partial charge on any atom is 0.329 e. The molecule has 0 spiro atoms. The Morgan fingerprint density at radius 2 is 1.56 bits per heavy atom. The van der Waals surface area contributed by atoms with Crippen LogP contribution in [-0.4, -0.2) is 30.5 Å². The molecule has 0 aromatic heterocycles. The second kappa shape index (κ2) is 11.4. The van der Waals surface area contributed by atoms with Gasteiger partial charge < -0.3 is 15.4 Å². The average molecular weight is 459 g/mol. The Balaban J connectivity index is 1.43. The number of carbonyl (C=O) groups is 3. The zero-order valence-electron chi connectivity index (χ0n) is 19.2. The third kappa shape index (κ3) is 7.30. The Bertz CT molecular complexity index is 1220. The van der Waals surface area contributed by atoms with E-state index < -0.39 is 11.8 Å². The summed E-state index contributed by atoms with van der Waals surface area (Å²) < 4.78 is 5.49. The fraction of sp³-hybridized carbons (Fsp3) is 0.154. The van der Waals surface area contributed by atoms with Gasteiger partial charge in [-0.1, -0.05) is 18.2 Å². The van der Waals surface area contributed by atoms with Crippen LogP contribution in [0, 0.1) is 20.8 Å². The Morgan fingerprint density at radius 3 is 2.26 bits per heavy atom. The first-order valence-electron chi connectivity index (χ1n) is 10.6. The van der Waals surface area contributed by atoms with Gasteiger partial charge >= 0.3 is 11.8 Å². The van der Waals surface area contributed by atoms with Crippen LogP contribution >= 0.6 is 0 Å². The maximum atomic E-state index is 12.0. The second-order valence-corrected chi connectivity index (χ2v) is 7.73. The van der Waals surface area contributed by atoms with E-state index in [1.165, 1.54) is 6.21 Å². The second-order valence-electron chi connectivity index (χ2n) is 7.73. The van der Waals surface area contributed by atoms with E-state index in [1.807, 2.05) is 51.1 Å². The van der Waals surface area contributed by atoms with E-state index in [2.05, 4.69) is 21.2 Å². The van der Waals surface area contributed by atoms with Crippen molar-refractivity contribution in [2.24, 2.45) is 5.10 Å². The molecule has 3 aromatic rings. The summed E-state index contributed by atoms with van der Waals surface area (Å²) in [5.74, 6) is -1.45. The average Bonchev–Trinajstić information content (AvgIpc) is 2.81. The zero-order valence-corrected chi connectivity index (χ0v) is 19.2. The number of aryl methyl sites for hydroxylation is 3. The summed E-state index contributed by atoms with van der Waals surface area (Å²) in [5.41, 5.74) is 7.27. The van der Waals surface area contributed by atoms with Crippen LogP contribution in [0.15, 0.2) is 71.8 Å². The highest BCUT2D eigenvalue weighted by molar-refractivity contribution is 6.39. The summed E-state index contributed by atoms with van der Waals surface area (Å²) in [6.07, 6.45) is 1.40. The predicted molar refractivity (Wildman–Crippen MR) is 132 cm³/mol. The molecule has 3 amide bonds. The van der Waals surface area contributed by atoms with Crippen LogP contribution < -0.4 is 20.8 Å². The molecule has 174 valence electrons. The molecule has 3 aromatic carbocycles. The van der Waals surface area contributed by atoms with Gasteiger partial charge in [-0.3, -0.25) is 14.4 Å². The van der Waals surface area contributed by atoms with E-state index >= 15 is 0 Å². The van der Waals surface area contributed by atoms with Crippen LogP contribution in [0.5, 0.6) is 5.75 Å². The van der Waals surface area contributed by atoms with Crippen LogP contribution in [0.25, 0.3) is 0 Å². The molecule has 0 unspecified atom stereocenters. The molecule has 0 aliphatic carbocycles. The van der Waals surface area contributed by atoms with Gasteiger partial charge in [-0.25, -0.2) is 5.43 Å². The molecule has 0 aliphatic rings. The molecule has 0 radical (unpaired) electrons. The lowest BCUT2D eigenvalue weighted by molar-refractivity contribution is -0.136. The fourth-order valence-electron chi connectivity index (χ4n) is 2.94. The number of rotatable bonds is 7. The monoisotopic (exact) mass is 458 g/mol. The third-order valence-electron chi connectivity index (χ3n) is 4.90. The first kappa shape index (κ1) is 24.2. The van der Waals surface area contributed by atoms with Crippen molar-refractivity contribution in [3.05, 3.63) is 89.0 Å². The number of benzene rings is 3. The molecule has 3 N–H and O–H groups in total. The van der Waals surface area contributed by atoms with Crippen molar-refractivity contribution < 1.29 is 19.1 Å². The molecule has 0 atom stereocenters. The molecule has 0 aliphatic heterocycles. The number of ether oxygens (including phenoxy) is 1. The minimum atomic E-state index is -0.881. The van der Waals surface area contributed by atoms with Gasteiger partial charge in [0.05, 0.1) is 6.21 Å². The molecule has 0 heterocycles. The van der Waals surface area contributed by atoms with Crippen LogP contribution in [0.1, 0.15) is 22.3 Å². The largest absolute Gasteiger partial charge is 0.484 e. The molecule has 8 nitrogen and oxygen atoms in total. The summed E-state index contributed by atoms with van der Waals surface area (Å²) in [6.45, 7) is 5.70. The number of hydrogen-bond acceptors (Lipinski definition) is 5. The van der Waals surface area contributed by atoms with Crippen molar-refractivity contribution >= 4 is 35.3 Å². The summed E-state index contributed by atoms with van der Waals surface area (Å²) in [7, 11) is 0. The van der Waals surface area contributed by atoms with Gasteiger partial charge in [0.15, 0.2) is 6.61 Å². The van der Waals surface area contributed by atoms with Crippen LogP contribution in [0.4, 0.5) is 11.4 Å². The van der Waals surface area contributed by atoms with E-state index in [1.54, 1.807) is 36.4 Å². The number of nitrogens with zero attached hydrogens (tertiary/aromatic N) is 1. The minimum absolute atomic E-state index is 0.132. The first-order valence-corrected chi connectivity index (χ1v) is 10.6. The number of anilines is 2. The van der Waals surface area contributed by atoms with Crippen molar-refractivity contribution in [1.82, 2.24) is 5.43 Å². The van der Waals surface area contributed by atoms with E-state index in [-0.39, 0.29) is 12.5 Å². The predicted octanol–water partition coefficient (Wildman–Crippen LogP) is 3.72. The highest BCUT2D eigenvalue weighted by Crippen LogP contribution is 2.14. The van der Waals surface area contributed by atoms with Crippen molar-refractivity contribution in [1.29, 1.82) is 0 Å². The molecule has 34 heavy (non-hydrogen) atoms. The Morgan fingerprint density at radius 1 is 0.824 bits per heavy atom. The zero-order chi connectivity index (χ0) is 24.5. The van der Waals surface area contributed by atoms with Crippen molar-refractivity contribution in [3.8, 4) is 5.75 Å². The SMILES string of the molecule is Cc1cccc(NC(=O)COc2ccc(/C=N\NC(=O)C(=O)Nc3ccc(C)c(C)c3)cc2)c1. The standard InChI is InChI=1S/C26H26N4O4/c1-17-5-4-6-21(13-17)28-24(31)16-34-23-11-8-20(9-12-23)15-27-30-26(33)25(32)29-22-10-7-18(2)19(3)14-22/h4-15H,16H2,1-3H3,(H,28,31)(H,29,32)(H,30,33)/b27-15-. The van der Waals surface area contributed by atoms with Gasteiger partial charge in [0.2, 0.25) is 0 Å². The lowest BCUT2D eigenvalue weighted by Gasteiger charge is -2.08. The van der Waals surface area contributed by atoms with Crippen LogP contribution in [0.3, 0.4) is 0 Å². The van der Waals surface area contributed by atoms with E-state index in [9.17, 15) is 14.4 Å². The maximum absolute atomic E-state index is 12.0. The normalized spacial score (nSPS) is 10.6. The molecule has 8 heteroatoms. The Hall–Kier alpha value is -4.46. The van der Waals surface area contributed by atoms with Crippen molar-refractivity contribution in [2.75, 3.05) is 17.2 Å². The lowest BCUT2D eigenvalue weighted by atomic mass is 10.1. The van der Waals surface area contributed by atoms with E-state index in [0.29, 0.717) is 22.7 Å². The fourth-order valence-corrected chi connectivity index (χ4v) is 2.94. The smallest absolute Gasteiger partial charge is 0.329 e. The molecular formula is C26H26N4O4. The lowest BCUT2D eigenvalue weighted by Crippen LogP contribution is -2.32. The highest BCUT2D eigenvalue weighted by Gasteiger charge is 2.13. The molecule has 3 rings (SSSR count). The van der Waals surface area contributed by atoms with Crippen molar-refractivity contribution in [2.45, 2.75) is 20.8 Å². The number of carbonyl (C=O) groups excluding carboxylic acids is 3. The van der Waals surface area contributed by atoms with Gasteiger partial charge in [-0.15, -0.1) is 0 Å². The van der Waals surface area contributed by atoms with Crippen LogP contribution in [0.2, 0.25) is 0 Å². The van der Waals surface area contributed by atoms with E-state index in [0.717, 1.165) is 16.7 Å². The van der Waals surface area contributed by atoms with Gasteiger partial charge in [-0.05, 0) is 91.6 Å². The van der Waals surface area contributed by atoms with Gasteiger partial charge in [0.1, 0.15) is 5.75 Å². The van der Waals surface area contributed by atoms with E-state index in [4.69, 9.17) is 4.74 Å². The minimum Gasteiger partial charge on any atom is -0.484 e. The van der Waals surface area contributed by atoms with Crippen molar-refractivity contribution in [3.63, 3.8) is 0 Å². The van der Waals surface area contributed by atoms with Crippen LogP contribution in [-0.2, 0) is 14.4 Å². The molecule has 0 fully saturated rings. The highest BCUT2D eigenvalue weighted by atomic mass is 16.5. The van der Waals surface area contributed by atoms with Gasteiger partial charge in [0.25, 0.3) is 5.91 Å². The molecule has 0 bridgehead atoms. The summed E-state index contributed by atoms with van der Waals surface area (Å²) >= 11 is 0. The van der Waals surface area contributed by atoms with Gasteiger partial charge in [0, 0.05) is 11.4 Å². The van der Waals surface area contributed by atoms with Gasteiger partial charge in [-0.2, -0.15) is 5.10 Å².